The summed E-state index contributed by atoms with van der Waals surface area (Å²) < 4.78 is 5.60. The van der Waals surface area contributed by atoms with Crippen LogP contribution < -0.4 is 5.32 Å². The summed E-state index contributed by atoms with van der Waals surface area (Å²) in [6, 6.07) is 15.2. The van der Waals surface area contributed by atoms with Crippen LogP contribution in [0.25, 0.3) is 11.1 Å². The second-order valence-electron chi connectivity index (χ2n) is 8.95. The molecule has 2 amide bonds. The number of ether oxygens (including phenoxy) is 1. The fraction of sp³-hybridized carbons (Fsp3) is 0.423. The van der Waals surface area contributed by atoms with E-state index in [1.807, 2.05) is 31.2 Å². The van der Waals surface area contributed by atoms with E-state index in [0.29, 0.717) is 19.5 Å². The molecule has 4 rings (SSSR count). The number of rotatable bonds is 7. The van der Waals surface area contributed by atoms with Crippen LogP contribution in [0.15, 0.2) is 48.5 Å². The number of alkyl carbamates (subject to hydrolysis) is 1. The largest absolute Gasteiger partial charge is 0.480 e. The molecule has 180 valence electrons. The van der Waals surface area contributed by atoms with Crippen molar-refractivity contribution in [3.05, 3.63) is 59.7 Å². The van der Waals surface area contributed by atoms with Gasteiger partial charge in [-0.15, -0.1) is 0 Å². The topological polar surface area (TPSA) is 99.2 Å². The third-order valence-electron chi connectivity index (χ3n) is 6.87. The highest BCUT2D eigenvalue weighted by Gasteiger charge is 2.33. The lowest BCUT2D eigenvalue weighted by Crippen LogP contribution is -2.56. The number of hydrogen-bond acceptors (Lipinski definition) is 5. The average Bonchev–Trinajstić information content (AvgIpc) is 3.16. The van der Waals surface area contributed by atoms with Gasteiger partial charge in [0.2, 0.25) is 5.91 Å². The molecule has 8 heteroatoms. The Kier molecular flexibility index (Phi) is 7.17. The normalized spacial score (nSPS) is 18.6. The van der Waals surface area contributed by atoms with Crippen molar-refractivity contribution in [3.8, 4) is 11.1 Å². The number of carbonyl (C=O) groups excluding carboxylic acids is 2. The Balaban J connectivity index is 1.33. The molecule has 2 atom stereocenters. The highest BCUT2D eigenvalue weighted by molar-refractivity contribution is 5.81. The van der Waals surface area contributed by atoms with Gasteiger partial charge in [0.25, 0.3) is 0 Å². The molecule has 2 aromatic rings. The Morgan fingerprint density at radius 1 is 1.06 bits per heavy atom. The first-order valence-corrected chi connectivity index (χ1v) is 11.7. The third kappa shape index (κ3) is 4.92. The van der Waals surface area contributed by atoms with E-state index in [1.165, 1.54) is 0 Å². The molecule has 1 saturated heterocycles. The number of aliphatic carboxylic acids is 1. The summed E-state index contributed by atoms with van der Waals surface area (Å²) in [6.07, 6.45) is 0.117. The lowest BCUT2D eigenvalue weighted by atomic mass is 9.98. The van der Waals surface area contributed by atoms with Gasteiger partial charge in [-0.05, 0) is 35.7 Å². The highest BCUT2D eigenvalue weighted by Crippen LogP contribution is 2.44. The van der Waals surface area contributed by atoms with Gasteiger partial charge in [-0.1, -0.05) is 55.5 Å². The maximum Gasteiger partial charge on any atom is 0.407 e. The van der Waals surface area contributed by atoms with Crippen molar-refractivity contribution >= 4 is 18.0 Å². The van der Waals surface area contributed by atoms with E-state index in [4.69, 9.17) is 4.74 Å². The molecule has 34 heavy (non-hydrogen) atoms. The van der Waals surface area contributed by atoms with Crippen molar-refractivity contribution in [1.29, 1.82) is 0 Å². The van der Waals surface area contributed by atoms with Gasteiger partial charge in [-0.3, -0.25) is 14.5 Å². The van der Waals surface area contributed by atoms with Crippen molar-refractivity contribution in [3.63, 3.8) is 0 Å². The molecule has 1 aliphatic heterocycles. The zero-order valence-corrected chi connectivity index (χ0v) is 19.6. The summed E-state index contributed by atoms with van der Waals surface area (Å²) in [5.41, 5.74) is 4.61. The maximum atomic E-state index is 12.8. The minimum atomic E-state index is -0.941. The number of nitrogens with one attached hydrogen (secondary N) is 1. The van der Waals surface area contributed by atoms with Crippen LogP contribution in [-0.4, -0.2) is 78.2 Å². The zero-order valence-electron chi connectivity index (χ0n) is 19.6. The number of carboxylic acids is 1. The van der Waals surface area contributed by atoms with Gasteiger partial charge in [0, 0.05) is 38.0 Å². The van der Waals surface area contributed by atoms with E-state index in [-0.39, 0.29) is 37.4 Å². The standard InChI is InChI=1S/C26H31N3O5/c1-3-17(14-24(30)29-13-12-28(2)23(15-29)25(31)32)27-26(33)34-16-22-20-10-6-4-8-18(20)19-9-5-7-11-21(19)22/h4-11,17,22-23H,3,12-16H2,1-2H3,(H,27,33)(H,31,32)/t17-,23?/m1/s1. The molecular formula is C26H31N3O5. The Hall–Kier alpha value is -3.39. The smallest absolute Gasteiger partial charge is 0.407 e. The van der Waals surface area contributed by atoms with Crippen molar-refractivity contribution in [2.75, 3.05) is 33.3 Å². The van der Waals surface area contributed by atoms with Crippen LogP contribution in [0, 0.1) is 0 Å². The number of carboxylic acid groups (broad SMARTS) is 1. The summed E-state index contributed by atoms with van der Waals surface area (Å²) in [5.74, 6) is -1.13. The van der Waals surface area contributed by atoms with Crippen molar-refractivity contribution < 1.29 is 24.2 Å². The number of benzene rings is 2. The molecule has 2 aromatic carbocycles. The molecule has 0 saturated carbocycles. The van der Waals surface area contributed by atoms with Gasteiger partial charge >= 0.3 is 12.1 Å². The second kappa shape index (κ2) is 10.3. The van der Waals surface area contributed by atoms with Gasteiger partial charge in [0.15, 0.2) is 0 Å². The van der Waals surface area contributed by atoms with E-state index in [9.17, 15) is 19.5 Å². The van der Waals surface area contributed by atoms with Gasteiger partial charge in [0.1, 0.15) is 12.6 Å². The van der Waals surface area contributed by atoms with Crippen LogP contribution in [0.2, 0.25) is 0 Å². The van der Waals surface area contributed by atoms with Gasteiger partial charge < -0.3 is 20.1 Å². The molecule has 0 spiro atoms. The molecule has 2 N–H and O–H groups in total. The van der Waals surface area contributed by atoms with E-state index < -0.39 is 18.1 Å². The molecule has 1 unspecified atom stereocenters. The Labute approximate surface area is 199 Å². The predicted molar refractivity (Wildman–Crippen MR) is 128 cm³/mol. The summed E-state index contributed by atoms with van der Waals surface area (Å²) in [5, 5.41) is 12.2. The lowest BCUT2D eigenvalue weighted by Gasteiger charge is -2.37. The number of fused-ring (bicyclic) bond motifs is 3. The van der Waals surface area contributed by atoms with Crippen LogP contribution >= 0.6 is 0 Å². The molecule has 8 nitrogen and oxygen atoms in total. The molecule has 0 bridgehead atoms. The Morgan fingerprint density at radius 2 is 1.68 bits per heavy atom. The van der Waals surface area contributed by atoms with Gasteiger partial charge in [0.05, 0.1) is 0 Å². The first-order valence-electron chi connectivity index (χ1n) is 11.7. The van der Waals surface area contributed by atoms with Crippen LogP contribution in [-0.2, 0) is 14.3 Å². The van der Waals surface area contributed by atoms with Crippen LogP contribution in [0.3, 0.4) is 0 Å². The Morgan fingerprint density at radius 3 is 2.26 bits per heavy atom. The fourth-order valence-corrected chi connectivity index (χ4v) is 4.81. The lowest BCUT2D eigenvalue weighted by molar-refractivity contribution is -0.147. The zero-order chi connectivity index (χ0) is 24.2. The first-order chi connectivity index (χ1) is 16.4. The van der Waals surface area contributed by atoms with Crippen LogP contribution in [0.1, 0.15) is 36.8 Å². The number of piperazine rings is 1. The van der Waals surface area contributed by atoms with Crippen LogP contribution in [0.5, 0.6) is 0 Å². The maximum absolute atomic E-state index is 12.8. The van der Waals surface area contributed by atoms with Gasteiger partial charge in [-0.25, -0.2) is 4.79 Å². The molecule has 1 aliphatic carbocycles. The molecule has 1 fully saturated rings. The fourth-order valence-electron chi connectivity index (χ4n) is 4.81. The summed E-state index contributed by atoms with van der Waals surface area (Å²) in [4.78, 5) is 40.1. The molecular weight excluding hydrogens is 434 g/mol. The average molecular weight is 466 g/mol. The minimum Gasteiger partial charge on any atom is -0.480 e. The molecule has 1 heterocycles. The summed E-state index contributed by atoms with van der Waals surface area (Å²) >= 11 is 0. The summed E-state index contributed by atoms with van der Waals surface area (Å²) in [6.45, 7) is 3.22. The number of amides is 2. The SMILES string of the molecule is CC[C@H](CC(=O)N1CCN(C)C(C(=O)O)C1)NC(=O)OCC1c2ccccc2-c2ccccc21. The van der Waals surface area contributed by atoms with E-state index >= 15 is 0 Å². The monoisotopic (exact) mass is 465 g/mol. The number of nitrogens with zero attached hydrogens (tertiary/aromatic N) is 2. The second-order valence-corrected chi connectivity index (χ2v) is 8.95. The molecule has 2 aliphatic rings. The van der Waals surface area contributed by atoms with Crippen LogP contribution in [0.4, 0.5) is 4.79 Å². The van der Waals surface area contributed by atoms with Gasteiger partial charge in [-0.2, -0.15) is 0 Å². The number of carbonyl (C=O) groups is 3. The quantitative estimate of drug-likeness (QED) is 0.652. The van der Waals surface area contributed by atoms with Crippen molar-refractivity contribution in [2.24, 2.45) is 0 Å². The molecule has 0 radical (unpaired) electrons. The molecule has 0 aromatic heterocycles. The Bertz CT molecular complexity index is 1030. The minimum absolute atomic E-state index is 0.0295. The van der Waals surface area contributed by atoms with E-state index in [2.05, 4.69) is 29.6 Å². The summed E-state index contributed by atoms with van der Waals surface area (Å²) in [7, 11) is 1.74. The van der Waals surface area contributed by atoms with E-state index in [0.717, 1.165) is 22.3 Å². The number of likely N-dealkylation sites (N-methyl/N-ethyl adjacent to an activating group) is 1. The number of hydrogen-bond donors (Lipinski definition) is 2. The highest BCUT2D eigenvalue weighted by atomic mass is 16.5. The van der Waals surface area contributed by atoms with E-state index in [1.54, 1.807) is 16.8 Å². The third-order valence-corrected chi connectivity index (χ3v) is 6.87. The first kappa shape index (κ1) is 23.8. The van der Waals surface area contributed by atoms with Crippen molar-refractivity contribution in [2.45, 2.75) is 37.8 Å². The predicted octanol–water partition coefficient (Wildman–Crippen LogP) is 2.92. The van der Waals surface area contributed by atoms with Crippen molar-refractivity contribution in [1.82, 2.24) is 15.1 Å².